The molecule has 0 aliphatic carbocycles. The molecule has 2 aromatic rings. The SMILES string of the molecule is CN(C)c1ccc(CNC(=O)n2ccnc2)cc1. The van der Waals surface area contributed by atoms with Crippen molar-refractivity contribution in [3.05, 3.63) is 48.5 Å². The maximum Gasteiger partial charge on any atom is 0.327 e. The third-order valence-electron chi connectivity index (χ3n) is 2.64. The smallest absolute Gasteiger partial charge is 0.327 e. The highest BCUT2D eigenvalue weighted by atomic mass is 16.2. The van der Waals surface area contributed by atoms with Crippen LogP contribution >= 0.6 is 0 Å². The summed E-state index contributed by atoms with van der Waals surface area (Å²) < 4.78 is 1.41. The third-order valence-corrected chi connectivity index (χ3v) is 2.64. The highest BCUT2D eigenvalue weighted by Crippen LogP contribution is 2.11. The standard InChI is InChI=1S/C13H16N4O/c1-16(2)12-5-3-11(4-6-12)9-15-13(18)17-8-7-14-10-17/h3-8,10H,9H2,1-2H3,(H,15,18). The van der Waals surface area contributed by atoms with Crippen molar-refractivity contribution in [1.29, 1.82) is 0 Å². The van der Waals surface area contributed by atoms with E-state index >= 15 is 0 Å². The van der Waals surface area contributed by atoms with Crippen molar-refractivity contribution in [3.8, 4) is 0 Å². The fourth-order valence-corrected chi connectivity index (χ4v) is 1.56. The van der Waals surface area contributed by atoms with Crippen molar-refractivity contribution in [1.82, 2.24) is 14.9 Å². The number of hydrogen-bond acceptors (Lipinski definition) is 3. The Hall–Kier alpha value is -2.30. The largest absolute Gasteiger partial charge is 0.378 e. The lowest BCUT2D eigenvalue weighted by Crippen LogP contribution is -2.27. The molecule has 0 bridgehead atoms. The van der Waals surface area contributed by atoms with E-state index in [2.05, 4.69) is 10.3 Å². The fourth-order valence-electron chi connectivity index (χ4n) is 1.56. The van der Waals surface area contributed by atoms with Gasteiger partial charge in [-0.1, -0.05) is 12.1 Å². The van der Waals surface area contributed by atoms with Gasteiger partial charge in [-0.3, -0.25) is 4.57 Å². The van der Waals surface area contributed by atoms with E-state index in [-0.39, 0.29) is 6.03 Å². The van der Waals surface area contributed by atoms with E-state index in [0.717, 1.165) is 11.3 Å². The lowest BCUT2D eigenvalue weighted by molar-refractivity contribution is 0.242. The molecule has 1 amide bonds. The normalized spacial score (nSPS) is 10.1. The van der Waals surface area contributed by atoms with Crippen LogP contribution in [0.1, 0.15) is 5.56 Å². The zero-order chi connectivity index (χ0) is 13.0. The monoisotopic (exact) mass is 244 g/mol. The summed E-state index contributed by atoms with van der Waals surface area (Å²) in [5, 5.41) is 2.82. The quantitative estimate of drug-likeness (QED) is 0.894. The second kappa shape index (κ2) is 5.35. The molecule has 5 nitrogen and oxygen atoms in total. The number of anilines is 1. The number of nitrogens with one attached hydrogen (secondary N) is 1. The third kappa shape index (κ3) is 2.88. The second-order valence-electron chi connectivity index (χ2n) is 4.19. The first-order valence-corrected chi connectivity index (χ1v) is 5.69. The lowest BCUT2D eigenvalue weighted by atomic mass is 10.2. The van der Waals surface area contributed by atoms with Crippen molar-refractivity contribution in [2.24, 2.45) is 0 Å². The van der Waals surface area contributed by atoms with Crippen LogP contribution in [0.5, 0.6) is 0 Å². The van der Waals surface area contributed by atoms with Crippen molar-refractivity contribution in [2.45, 2.75) is 6.54 Å². The molecule has 0 saturated carbocycles. The zero-order valence-corrected chi connectivity index (χ0v) is 10.5. The summed E-state index contributed by atoms with van der Waals surface area (Å²) in [4.78, 5) is 17.5. The highest BCUT2D eigenvalue weighted by molar-refractivity contribution is 5.76. The summed E-state index contributed by atoms with van der Waals surface area (Å²) in [5.74, 6) is 0. The molecule has 94 valence electrons. The van der Waals surface area contributed by atoms with Gasteiger partial charge in [0, 0.05) is 38.7 Å². The minimum Gasteiger partial charge on any atom is -0.378 e. The van der Waals surface area contributed by atoms with E-state index in [4.69, 9.17) is 0 Å². The number of aromatic nitrogens is 2. The molecule has 5 heteroatoms. The molecule has 0 radical (unpaired) electrons. The number of amides is 1. The van der Waals surface area contributed by atoms with Crippen LogP contribution in [-0.4, -0.2) is 29.7 Å². The van der Waals surface area contributed by atoms with Crippen LogP contribution in [0.4, 0.5) is 10.5 Å². The molecule has 0 spiro atoms. The van der Waals surface area contributed by atoms with Crippen molar-refractivity contribution >= 4 is 11.7 Å². The molecule has 18 heavy (non-hydrogen) atoms. The summed E-state index contributed by atoms with van der Waals surface area (Å²) >= 11 is 0. The molecular weight excluding hydrogens is 228 g/mol. The van der Waals surface area contributed by atoms with Crippen molar-refractivity contribution in [3.63, 3.8) is 0 Å². The Bertz CT molecular complexity index is 502. The Kier molecular flexibility index (Phi) is 3.62. The van der Waals surface area contributed by atoms with Gasteiger partial charge in [0.05, 0.1) is 0 Å². The summed E-state index contributed by atoms with van der Waals surface area (Å²) in [6.07, 6.45) is 4.67. The van der Waals surface area contributed by atoms with Crippen LogP contribution in [0.25, 0.3) is 0 Å². The molecule has 1 heterocycles. The molecule has 1 N–H and O–H groups in total. The van der Waals surface area contributed by atoms with Gasteiger partial charge in [0.15, 0.2) is 0 Å². The number of nitrogens with zero attached hydrogens (tertiary/aromatic N) is 3. The van der Waals surface area contributed by atoms with Gasteiger partial charge in [-0.25, -0.2) is 9.78 Å². The van der Waals surface area contributed by atoms with Gasteiger partial charge in [0.2, 0.25) is 0 Å². The van der Waals surface area contributed by atoms with Crippen LogP contribution < -0.4 is 10.2 Å². The zero-order valence-electron chi connectivity index (χ0n) is 10.5. The summed E-state index contributed by atoms with van der Waals surface area (Å²) in [5.41, 5.74) is 2.20. The highest BCUT2D eigenvalue weighted by Gasteiger charge is 2.02. The van der Waals surface area contributed by atoms with Crippen LogP contribution in [-0.2, 0) is 6.54 Å². The Morgan fingerprint density at radius 2 is 2.06 bits per heavy atom. The fraction of sp³-hybridized carbons (Fsp3) is 0.231. The van der Waals surface area contributed by atoms with Crippen molar-refractivity contribution in [2.75, 3.05) is 19.0 Å². The molecule has 0 atom stereocenters. The summed E-state index contributed by atoms with van der Waals surface area (Å²) in [6, 6.07) is 7.88. The molecule has 0 fully saturated rings. The maximum absolute atomic E-state index is 11.7. The Morgan fingerprint density at radius 3 is 2.61 bits per heavy atom. The van der Waals surface area contributed by atoms with Gasteiger partial charge in [-0.05, 0) is 17.7 Å². The molecule has 1 aromatic carbocycles. The number of hydrogen-bond donors (Lipinski definition) is 1. The molecule has 0 aliphatic rings. The minimum atomic E-state index is -0.177. The first-order valence-electron chi connectivity index (χ1n) is 5.69. The Morgan fingerprint density at radius 1 is 1.33 bits per heavy atom. The number of carbonyl (C=O) groups is 1. The average molecular weight is 244 g/mol. The van der Waals surface area contributed by atoms with Gasteiger partial charge >= 0.3 is 6.03 Å². The number of carbonyl (C=O) groups excluding carboxylic acids is 1. The average Bonchev–Trinajstić information content (AvgIpc) is 2.90. The Labute approximate surface area is 106 Å². The van der Waals surface area contributed by atoms with Gasteiger partial charge in [-0.2, -0.15) is 0 Å². The predicted octanol–water partition coefficient (Wildman–Crippen LogP) is 1.71. The van der Waals surface area contributed by atoms with Crippen LogP contribution in [0.15, 0.2) is 43.0 Å². The van der Waals surface area contributed by atoms with E-state index in [1.54, 1.807) is 12.4 Å². The first kappa shape index (κ1) is 12.2. The molecule has 0 unspecified atom stereocenters. The molecular formula is C13H16N4O. The molecule has 0 saturated heterocycles. The number of rotatable bonds is 3. The molecule has 0 aliphatic heterocycles. The van der Waals surface area contributed by atoms with Gasteiger partial charge < -0.3 is 10.2 Å². The van der Waals surface area contributed by atoms with E-state index in [0.29, 0.717) is 6.54 Å². The second-order valence-corrected chi connectivity index (χ2v) is 4.19. The predicted molar refractivity (Wildman–Crippen MR) is 70.6 cm³/mol. The topological polar surface area (TPSA) is 50.2 Å². The molecule has 2 rings (SSSR count). The maximum atomic E-state index is 11.7. The first-order chi connectivity index (χ1) is 8.66. The van der Waals surface area contributed by atoms with Crippen molar-refractivity contribution < 1.29 is 4.79 Å². The van der Waals surface area contributed by atoms with E-state index in [1.165, 1.54) is 10.9 Å². The van der Waals surface area contributed by atoms with Crippen LogP contribution in [0.3, 0.4) is 0 Å². The minimum absolute atomic E-state index is 0.177. The van der Waals surface area contributed by atoms with E-state index in [9.17, 15) is 4.79 Å². The number of imidazole rings is 1. The van der Waals surface area contributed by atoms with Gasteiger partial charge in [-0.15, -0.1) is 0 Å². The van der Waals surface area contributed by atoms with Gasteiger partial charge in [0.1, 0.15) is 6.33 Å². The number of benzene rings is 1. The molecule has 1 aromatic heterocycles. The van der Waals surface area contributed by atoms with E-state index in [1.807, 2.05) is 43.3 Å². The Balaban J connectivity index is 1.92. The van der Waals surface area contributed by atoms with Crippen LogP contribution in [0, 0.1) is 0 Å². The van der Waals surface area contributed by atoms with Gasteiger partial charge in [0.25, 0.3) is 0 Å². The summed E-state index contributed by atoms with van der Waals surface area (Å²) in [6.45, 7) is 0.505. The summed E-state index contributed by atoms with van der Waals surface area (Å²) in [7, 11) is 3.99. The lowest BCUT2D eigenvalue weighted by Gasteiger charge is -2.12. The van der Waals surface area contributed by atoms with E-state index < -0.39 is 0 Å². The van der Waals surface area contributed by atoms with Crippen LogP contribution in [0.2, 0.25) is 0 Å².